The van der Waals surface area contributed by atoms with E-state index in [0.29, 0.717) is 13.2 Å². The van der Waals surface area contributed by atoms with Gasteiger partial charge in [0.05, 0.1) is 11.7 Å². The van der Waals surface area contributed by atoms with E-state index < -0.39 is 0 Å². The monoisotopic (exact) mass is 256 g/mol. The van der Waals surface area contributed by atoms with E-state index >= 15 is 0 Å². The highest BCUT2D eigenvalue weighted by Crippen LogP contribution is 2.34. The van der Waals surface area contributed by atoms with E-state index in [1.165, 1.54) is 0 Å². The highest BCUT2D eigenvalue weighted by atomic mass is 16.5. The number of fused-ring (bicyclic) bond motifs is 1. The summed E-state index contributed by atoms with van der Waals surface area (Å²) in [6, 6.07) is 11.4. The van der Waals surface area contributed by atoms with Crippen LogP contribution in [0.1, 0.15) is 23.0 Å². The summed E-state index contributed by atoms with van der Waals surface area (Å²) in [6.07, 6.45) is 0. The average Bonchev–Trinajstić information content (AvgIpc) is 2.78. The van der Waals surface area contributed by atoms with Crippen molar-refractivity contribution in [3.8, 4) is 11.5 Å². The minimum absolute atomic E-state index is 0.151. The molecule has 1 unspecified atom stereocenters. The van der Waals surface area contributed by atoms with Crippen molar-refractivity contribution in [2.45, 2.75) is 19.5 Å². The van der Waals surface area contributed by atoms with Gasteiger partial charge in [0.15, 0.2) is 0 Å². The molecule has 1 atom stereocenters. The van der Waals surface area contributed by atoms with Crippen molar-refractivity contribution < 1.29 is 9.84 Å². The van der Waals surface area contributed by atoms with E-state index in [1.54, 1.807) is 12.1 Å². The van der Waals surface area contributed by atoms with Crippen molar-refractivity contribution in [2.75, 3.05) is 6.61 Å². The molecule has 3 rings (SSSR count). The van der Waals surface area contributed by atoms with E-state index in [9.17, 15) is 5.11 Å². The average molecular weight is 256 g/mol. The number of rotatable bonds is 3. The number of nitrogens with zero attached hydrogens (tertiary/aromatic N) is 1. The molecule has 0 fully saturated rings. The van der Waals surface area contributed by atoms with Gasteiger partial charge in [-0.25, -0.2) is 0 Å². The van der Waals surface area contributed by atoms with Gasteiger partial charge in [0, 0.05) is 23.9 Å². The second-order valence-electron chi connectivity index (χ2n) is 4.74. The first kappa shape index (κ1) is 12.0. The lowest BCUT2D eigenvalue weighted by Gasteiger charge is -2.11. The third-order valence-corrected chi connectivity index (χ3v) is 3.25. The Labute approximate surface area is 112 Å². The molecule has 1 aliphatic rings. The fraction of sp³-hybridized carbons (Fsp3) is 0.267. The Bertz CT molecular complexity index is 598. The van der Waals surface area contributed by atoms with Gasteiger partial charge in [-0.1, -0.05) is 6.07 Å². The number of aryl methyl sites for hydroxylation is 1. The van der Waals surface area contributed by atoms with Gasteiger partial charge in [-0.15, -0.1) is 0 Å². The molecule has 4 nitrogen and oxygen atoms in total. The molecule has 0 radical (unpaired) electrons. The molecule has 1 aromatic carbocycles. The molecule has 4 heteroatoms. The Morgan fingerprint density at radius 1 is 1.37 bits per heavy atom. The van der Waals surface area contributed by atoms with Crippen LogP contribution in [0.4, 0.5) is 0 Å². The van der Waals surface area contributed by atoms with E-state index in [4.69, 9.17) is 4.74 Å². The van der Waals surface area contributed by atoms with Crippen molar-refractivity contribution in [2.24, 2.45) is 0 Å². The van der Waals surface area contributed by atoms with Gasteiger partial charge < -0.3 is 15.2 Å². The number of hydrogen-bond acceptors (Lipinski definition) is 4. The molecule has 0 amide bonds. The molecule has 19 heavy (non-hydrogen) atoms. The maximum Gasteiger partial charge on any atom is 0.127 e. The molecule has 1 aromatic heterocycles. The summed E-state index contributed by atoms with van der Waals surface area (Å²) in [5, 5.41) is 12.8. The van der Waals surface area contributed by atoms with Crippen molar-refractivity contribution >= 4 is 0 Å². The summed E-state index contributed by atoms with van der Waals surface area (Å²) in [5.41, 5.74) is 3.13. The quantitative estimate of drug-likeness (QED) is 0.885. The van der Waals surface area contributed by atoms with Gasteiger partial charge in [0.25, 0.3) is 0 Å². The first-order valence-corrected chi connectivity index (χ1v) is 6.34. The summed E-state index contributed by atoms with van der Waals surface area (Å²) < 4.78 is 5.56. The number of hydrogen-bond donors (Lipinski definition) is 2. The van der Waals surface area contributed by atoms with E-state index in [1.807, 2.05) is 31.2 Å². The van der Waals surface area contributed by atoms with Crippen LogP contribution in [-0.2, 0) is 6.54 Å². The summed E-state index contributed by atoms with van der Waals surface area (Å²) in [7, 11) is 0. The summed E-state index contributed by atoms with van der Waals surface area (Å²) >= 11 is 0. The zero-order valence-corrected chi connectivity index (χ0v) is 10.8. The van der Waals surface area contributed by atoms with Crippen LogP contribution < -0.4 is 10.1 Å². The number of aromatic hydroxyl groups is 1. The smallest absolute Gasteiger partial charge is 0.127 e. The molecular weight excluding hydrogens is 240 g/mol. The van der Waals surface area contributed by atoms with Crippen LogP contribution >= 0.6 is 0 Å². The number of ether oxygens (including phenoxy) is 1. The van der Waals surface area contributed by atoms with Gasteiger partial charge in [0.2, 0.25) is 0 Å². The Morgan fingerprint density at radius 2 is 2.26 bits per heavy atom. The number of benzene rings is 1. The topological polar surface area (TPSA) is 54.4 Å². The third-order valence-electron chi connectivity index (χ3n) is 3.25. The van der Waals surface area contributed by atoms with Crippen molar-refractivity contribution in [3.63, 3.8) is 0 Å². The van der Waals surface area contributed by atoms with Crippen molar-refractivity contribution in [1.29, 1.82) is 0 Å². The number of aromatic nitrogens is 1. The van der Waals surface area contributed by atoms with Gasteiger partial charge in [-0.05, 0) is 31.2 Å². The van der Waals surface area contributed by atoms with Crippen LogP contribution in [0.15, 0.2) is 36.4 Å². The largest absolute Gasteiger partial charge is 0.508 e. The number of phenolic OH excluding ortho intramolecular Hbond substituents is 1. The van der Waals surface area contributed by atoms with Gasteiger partial charge >= 0.3 is 0 Å². The maximum absolute atomic E-state index is 9.41. The summed E-state index contributed by atoms with van der Waals surface area (Å²) in [5.74, 6) is 0.995. The second kappa shape index (κ2) is 4.90. The molecule has 98 valence electrons. The van der Waals surface area contributed by atoms with E-state index in [2.05, 4.69) is 10.3 Å². The summed E-state index contributed by atoms with van der Waals surface area (Å²) in [6.45, 7) is 3.28. The van der Waals surface area contributed by atoms with E-state index in [0.717, 1.165) is 22.7 Å². The minimum atomic E-state index is 0.151. The fourth-order valence-corrected chi connectivity index (χ4v) is 2.29. The highest BCUT2D eigenvalue weighted by molar-refractivity contribution is 5.44. The molecule has 2 aromatic rings. The number of pyridine rings is 1. The van der Waals surface area contributed by atoms with Gasteiger partial charge in [-0.3, -0.25) is 4.98 Å². The van der Waals surface area contributed by atoms with Crippen LogP contribution in [0.25, 0.3) is 0 Å². The lowest BCUT2D eigenvalue weighted by Crippen LogP contribution is -2.22. The molecular formula is C15H16N2O2. The Morgan fingerprint density at radius 3 is 3.11 bits per heavy atom. The normalized spacial score (nSPS) is 17.0. The Kier molecular flexibility index (Phi) is 3.09. The SMILES string of the molecule is Cc1cccc(CNC2COc3cc(O)ccc32)n1. The minimum Gasteiger partial charge on any atom is -0.508 e. The molecule has 2 N–H and O–H groups in total. The van der Waals surface area contributed by atoms with Crippen LogP contribution in [-0.4, -0.2) is 16.7 Å². The predicted octanol–water partition coefficient (Wildman–Crippen LogP) is 2.32. The van der Waals surface area contributed by atoms with Crippen LogP contribution in [0.5, 0.6) is 11.5 Å². The molecule has 0 saturated heterocycles. The fourth-order valence-electron chi connectivity index (χ4n) is 2.29. The third kappa shape index (κ3) is 2.53. The van der Waals surface area contributed by atoms with E-state index in [-0.39, 0.29) is 11.8 Å². The molecule has 0 bridgehead atoms. The predicted molar refractivity (Wildman–Crippen MR) is 72.2 cm³/mol. The first-order valence-electron chi connectivity index (χ1n) is 6.34. The van der Waals surface area contributed by atoms with Crippen molar-refractivity contribution in [3.05, 3.63) is 53.3 Å². The lowest BCUT2D eigenvalue weighted by molar-refractivity contribution is 0.309. The first-order chi connectivity index (χ1) is 9.22. The lowest BCUT2D eigenvalue weighted by atomic mass is 10.1. The van der Waals surface area contributed by atoms with Crippen LogP contribution in [0, 0.1) is 6.92 Å². The Hall–Kier alpha value is -2.07. The zero-order chi connectivity index (χ0) is 13.2. The maximum atomic E-state index is 9.41. The zero-order valence-electron chi connectivity index (χ0n) is 10.8. The highest BCUT2D eigenvalue weighted by Gasteiger charge is 2.23. The molecule has 2 heterocycles. The van der Waals surface area contributed by atoms with Gasteiger partial charge in [-0.2, -0.15) is 0 Å². The molecule has 1 aliphatic heterocycles. The van der Waals surface area contributed by atoms with Crippen LogP contribution in [0.2, 0.25) is 0 Å². The molecule has 0 aliphatic carbocycles. The summed E-state index contributed by atoms with van der Waals surface area (Å²) in [4.78, 5) is 4.46. The molecule has 0 saturated carbocycles. The Balaban J connectivity index is 1.70. The van der Waals surface area contributed by atoms with Crippen LogP contribution in [0.3, 0.4) is 0 Å². The second-order valence-corrected chi connectivity index (χ2v) is 4.74. The van der Waals surface area contributed by atoms with Gasteiger partial charge in [0.1, 0.15) is 18.1 Å². The number of nitrogens with one attached hydrogen (secondary N) is 1. The van der Waals surface area contributed by atoms with Crippen molar-refractivity contribution in [1.82, 2.24) is 10.3 Å². The standard InChI is InChI=1S/C15H16N2O2/c1-10-3-2-4-11(17-10)8-16-14-9-19-15-7-12(18)5-6-13(14)15/h2-7,14,16,18H,8-9H2,1H3. The molecule has 0 spiro atoms. The number of phenols is 1.